The number of aryl methyl sites for hydroxylation is 1. The Bertz CT molecular complexity index is 854. The predicted molar refractivity (Wildman–Crippen MR) is 94.6 cm³/mol. The number of nitrogens with two attached hydrogens (primary N) is 1. The molecule has 0 aliphatic carbocycles. The van der Waals surface area contributed by atoms with E-state index in [1.807, 2.05) is 6.07 Å². The van der Waals surface area contributed by atoms with Gasteiger partial charge in [-0.05, 0) is 30.2 Å². The summed E-state index contributed by atoms with van der Waals surface area (Å²) in [5.74, 6) is -0.497. The molecule has 0 fully saturated rings. The molecule has 128 valence electrons. The van der Waals surface area contributed by atoms with Gasteiger partial charge in [-0.2, -0.15) is 0 Å². The summed E-state index contributed by atoms with van der Waals surface area (Å²) in [4.78, 5) is 12.4. The normalized spacial score (nSPS) is 12.7. The molecule has 0 bridgehead atoms. The van der Waals surface area contributed by atoms with Crippen molar-refractivity contribution in [2.45, 2.75) is 22.0 Å². The molecule has 0 aliphatic heterocycles. The fourth-order valence-electron chi connectivity index (χ4n) is 2.07. The van der Waals surface area contributed by atoms with Gasteiger partial charge in [-0.1, -0.05) is 41.9 Å². The minimum atomic E-state index is -3.96. The van der Waals surface area contributed by atoms with Crippen LogP contribution in [0.25, 0.3) is 0 Å². The zero-order valence-corrected chi connectivity index (χ0v) is 15.4. The van der Waals surface area contributed by atoms with Gasteiger partial charge in [0.15, 0.2) is 0 Å². The minimum absolute atomic E-state index is 0.0702. The molecule has 0 amide bonds. The maximum Gasteiger partial charge on any atom is 0.323 e. The Kier molecular flexibility index (Phi) is 5.92. The molecule has 5 nitrogen and oxygen atoms in total. The first-order valence-corrected chi connectivity index (χ1v) is 9.67. The summed E-state index contributed by atoms with van der Waals surface area (Å²) in [6.45, 7) is 1.68. The summed E-state index contributed by atoms with van der Waals surface area (Å²) in [7, 11) is -2.69. The Morgan fingerprint density at radius 3 is 2.42 bits per heavy atom. The third-order valence-electron chi connectivity index (χ3n) is 3.29. The second-order valence-corrected chi connectivity index (χ2v) is 8.11. The van der Waals surface area contributed by atoms with Gasteiger partial charge in [0.05, 0.1) is 12.0 Å². The van der Waals surface area contributed by atoms with Crippen molar-refractivity contribution in [1.29, 1.82) is 0 Å². The SMILES string of the molecule is COC(=O)C(Sc1cc(Cl)c(C)cc1S(N)(=O)=O)c1ccccc1. The number of hydrogen-bond acceptors (Lipinski definition) is 5. The van der Waals surface area contributed by atoms with Crippen LogP contribution in [-0.4, -0.2) is 21.5 Å². The summed E-state index contributed by atoms with van der Waals surface area (Å²) in [6.07, 6.45) is 0. The van der Waals surface area contributed by atoms with E-state index in [0.717, 1.165) is 11.8 Å². The Labute approximate surface area is 150 Å². The molecule has 0 saturated heterocycles. The molecule has 2 rings (SSSR count). The Morgan fingerprint density at radius 2 is 1.88 bits per heavy atom. The number of sulfonamides is 1. The van der Waals surface area contributed by atoms with Gasteiger partial charge in [-0.15, -0.1) is 11.8 Å². The van der Waals surface area contributed by atoms with Crippen LogP contribution in [0.1, 0.15) is 16.4 Å². The second kappa shape index (κ2) is 7.57. The number of carbonyl (C=O) groups excluding carboxylic acids is 1. The predicted octanol–water partition coefficient (Wildman–Crippen LogP) is 3.30. The van der Waals surface area contributed by atoms with Crippen LogP contribution < -0.4 is 5.14 Å². The highest BCUT2D eigenvalue weighted by molar-refractivity contribution is 8.01. The largest absolute Gasteiger partial charge is 0.468 e. The first-order valence-electron chi connectivity index (χ1n) is 6.86. The molecular formula is C16H16ClNO4S2. The smallest absolute Gasteiger partial charge is 0.323 e. The number of esters is 1. The molecule has 8 heteroatoms. The molecule has 0 aromatic heterocycles. The fraction of sp³-hybridized carbons (Fsp3) is 0.188. The van der Waals surface area contributed by atoms with Gasteiger partial charge in [0.25, 0.3) is 0 Å². The zero-order chi connectivity index (χ0) is 17.9. The lowest BCUT2D eigenvalue weighted by Gasteiger charge is -2.17. The summed E-state index contributed by atoms with van der Waals surface area (Å²) in [5.41, 5.74) is 1.27. The highest BCUT2D eigenvalue weighted by Crippen LogP contribution is 2.40. The lowest BCUT2D eigenvalue weighted by Crippen LogP contribution is -2.15. The van der Waals surface area contributed by atoms with Crippen LogP contribution in [0.15, 0.2) is 52.3 Å². The van der Waals surface area contributed by atoms with Crippen LogP contribution >= 0.6 is 23.4 Å². The number of ether oxygens (including phenoxy) is 1. The fourth-order valence-corrected chi connectivity index (χ4v) is 4.57. The quantitative estimate of drug-likeness (QED) is 0.630. The highest BCUT2D eigenvalue weighted by atomic mass is 35.5. The van der Waals surface area contributed by atoms with Gasteiger partial charge in [0.1, 0.15) is 5.25 Å². The molecule has 2 aromatic rings. The van der Waals surface area contributed by atoms with Crippen molar-refractivity contribution in [3.63, 3.8) is 0 Å². The van der Waals surface area contributed by atoms with E-state index in [1.165, 1.54) is 19.2 Å². The van der Waals surface area contributed by atoms with Crippen molar-refractivity contribution in [2.24, 2.45) is 5.14 Å². The van der Waals surface area contributed by atoms with Gasteiger partial charge < -0.3 is 4.74 Å². The number of methoxy groups -OCH3 is 1. The minimum Gasteiger partial charge on any atom is -0.468 e. The van der Waals surface area contributed by atoms with Crippen LogP contribution in [0, 0.1) is 6.92 Å². The third kappa shape index (κ3) is 4.30. The number of primary sulfonamides is 1. The molecule has 0 spiro atoms. The number of rotatable bonds is 5. The average Bonchev–Trinajstić information content (AvgIpc) is 2.54. The lowest BCUT2D eigenvalue weighted by atomic mass is 10.1. The molecule has 0 aliphatic rings. The summed E-state index contributed by atoms with van der Waals surface area (Å²) < 4.78 is 28.6. The molecule has 2 N–H and O–H groups in total. The van der Waals surface area contributed by atoms with E-state index in [2.05, 4.69) is 0 Å². The van der Waals surface area contributed by atoms with Crippen molar-refractivity contribution in [2.75, 3.05) is 7.11 Å². The lowest BCUT2D eigenvalue weighted by molar-refractivity contribution is -0.140. The number of thioether (sulfide) groups is 1. The van der Waals surface area contributed by atoms with Crippen molar-refractivity contribution >= 4 is 39.4 Å². The first-order chi connectivity index (χ1) is 11.2. The van der Waals surface area contributed by atoms with E-state index in [9.17, 15) is 13.2 Å². The summed E-state index contributed by atoms with van der Waals surface area (Å²) in [6, 6.07) is 11.8. The average molecular weight is 386 g/mol. The van der Waals surface area contributed by atoms with E-state index in [4.69, 9.17) is 21.5 Å². The Hall–Kier alpha value is -1.54. The van der Waals surface area contributed by atoms with E-state index in [1.54, 1.807) is 31.2 Å². The maximum absolute atomic E-state index is 12.2. The summed E-state index contributed by atoms with van der Waals surface area (Å²) >= 11 is 7.15. The van der Waals surface area contributed by atoms with Gasteiger partial charge in [-0.25, -0.2) is 13.6 Å². The number of halogens is 1. The van der Waals surface area contributed by atoms with Gasteiger partial charge in [0, 0.05) is 9.92 Å². The Balaban J connectivity index is 2.54. The molecular weight excluding hydrogens is 370 g/mol. The van der Waals surface area contributed by atoms with Crippen LogP contribution in [0.4, 0.5) is 0 Å². The van der Waals surface area contributed by atoms with Crippen LogP contribution in [-0.2, 0) is 19.6 Å². The van der Waals surface area contributed by atoms with Crippen LogP contribution in [0.3, 0.4) is 0 Å². The maximum atomic E-state index is 12.2. The second-order valence-electron chi connectivity index (χ2n) is 5.02. The monoisotopic (exact) mass is 385 g/mol. The van der Waals surface area contributed by atoms with E-state index in [-0.39, 0.29) is 4.90 Å². The number of hydrogen-bond donors (Lipinski definition) is 1. The molecule has 1 atom stereocenters. The topological polar surface area (TPSA) is 86.5 Å². The molecule has 24 heavy (non-hydrogen) atoms. The third-order valence-corrected chi connectivity index (χ3v) is 6.07. The number of carbonyl (C=O) groups is 1. The molecule has 1 unspecified atom stereocenters. The van der Waals surface area contributed by atoms with E-state index in [0.29, 0.717) is 21.0 Å². The standard InChI is InChI=1S/C16H16ClNO4S2/c1-10-8-14(24(18,20)21)13(9-12(10)17)23-15(16(19)22-2)11-6-4-3-5-7-11/h3-9,15H,1-2H3,(H2,18,20,21). The molecule has 0 heterocycles. The van der Waals surface area contributed by atoms with Crippen molar-refractivity contribution in [3.05, 3.63) is 58.6 Å². The van der Waals surface area contributed by atoms with E-state index >= 15 is 0 Å². The Morgan fingerprint density at radius 1 is 1.25 bits per heavy atom. The molecule has 0 radical (unpaired) electrons. The van der Waals surface area contributed by atoms with Gasteiger partial charge in [-0.3, -0.25) is 4.79 Å². The van der Waals surface area contributed by atoms with Crippen molar-refractivity contribution in [3.8, 4) is 0 Å². The van der Waals surface area contributed by atoms with Gasteiger partial charge >= 0.3 is 5.97 Å². The van der Waals surface area contributed by atoms with E-state index < -0.39 is 21.2 Å². The van der Waals surface area contributed by atoms with Crippen LogP contribution in [0.2, 0.25) is 5.02 Å². The van der Waals surface area contributed by atoms with Crippen molar-refractivity contribution in [1.82, 2.24) is 0 Å². The van der Waals surface area contributed by atoms with Crippen molar-refractivity contribution < 1.29 is 17.9 Å². The zero-order valence-electron chi connectivity index (χ0n) is 13.0. The molecule has 0 saturated carbocycles. The number of benzene rings is 2. The van der Waals surface area contributed by atoms with Gasteiger partial charge in [0.2, 0.25) is 10.0 Å². The first kappa shape index (κ1) is 18.8. The van der Waals surface area contributed by atoms with Crippen LogP contribution in [0.5, 0.6) is 0 Å². The summed E-state index contributed by atoms with van der Waals surface area (Å²) in [5, 5.41) is 4.95. The molecule has 2 aromatic carbocycles. The highest BCUT2D eigenvalue weighted by Gasteiger charge is 2.26.